The predicted octanol–water partition coefficient (Wildman–Crippen LogP) is 3.14. The Hall–Kier alpha value is -1.16. The summed E-state index contributed by atoms with van der Waals surface area (Å²) in [5.41, 5.74) is 1.64. The standard InChI is InChI=1S/C17H28N4/c1-3-17(4-2)7-9-21(10-8-17)16-13-18-11-15(20-16)12-19-14-5-6-14/h11,13-14,19H,3-10,12H2,1-2H3. The first kappa shape index (κ1) is 14.8. The van der Waals surface area contributed by atoms with Gasteiger partial charge in [0.2, 0.25) is 0 Å². The van der Waals surface area contributed by atoms with Crippen LogP contribution in [0, 0.1) is 5.41 Å². The molecule has 3 rings (SSSR count). The molecule has 4 nitrogen and oxygen atoms in total. The summed E-state index contributed by atoms with van der Waals surface area (Å²) in [6.45, 7) is 7.77. The molecule has 0 radical (unpaired) electrons. The Morgan fingerprint density at radius 2 is 1.90 bits per heavy atom. The SMILES string of the molecule is CCC1(CC)CCN(c2cncc(CNC3CC3)n2)CC1. The number of piperidine rings is 1. The van der Waals surface area contributed by atoms with E-state index in [1.54, 1.807) is 0 Å². The minimum Gasteiger partial charge on any atom is -0.355 e. The van der Waals surface area contributed by atoms with Gasteiger partial charge in [0.05, 0.1) is 11.9 Å². The van der Waals surface area contributed by atoms with Gasteiger partial charge in [-0.2, -0.15) is 0 Å². The van der Waals surface area contributed by atoms with Crippen LogP contribution < -0.4 is 10.2 Å². The molecule has 1 saturated carbocycles. The van der Waals surface area contributed by atoms with Crippen LogP contribution in [-0.2, 0) is 6.54 Å². The molecule has 2 heterocycles. The van der Waals surface area contributed by atoms with Gasteiger partial charge in [0.1, 0.15) is 5.82 Å². The Labute approximate surface area is 128 Å². The van der Waals surface area contributed by atoms with Crippen LogP contribution in [0.15, 0.2) is 12.4 Å². The molecule has 116 valence electrons. The van der Waals surface area contributed by atoms with Gasteiger partial charge in [-0.05, 0) is 31.1 Å². The van der Waals surface area contributed by atoms with Crippen molar-refractivity contribution >= 4 is 5.82 Å². The van der Waals surface area contributed by atoms with E-state index in [-0.39, 0.29) is 0 Å². The summed E-state index contributed by atoms with van der Waals surface area (Å²) in [6.07, 6.45) is 11.6. The van der Waals surface area contributed by atoms with Crippen molar-refractivity contribution in [3.8, 4) is 0 Å². The molecule has 21 heavy (non-hydrogen) atoms. The molecular weight excluding hydrogens is 260 g/mol. The quantitative estimate of drug-likeness (QED) is 0.873. The monoisotopic (exact) mass is 288 g/mol. The highest BCUT2D eigenvalue weighted by Gasteiger charge is 2.31. The lowest BCUT2D eigenvalue weighted by Gasteiger charge is -2.41. The molecular formula is C17H28N4. The van der Waals surface area contributed by atoms with Crippen LogP contribution in [0.25, 0.3) is 0 Å². The molecule has 0 bridgehead atoms. The van der Waals surface area contributed by atoms with E-state index < -0.39 is 0 Å². The van der Waals surface area contributed by atoms with E-state index in [4.69, 9.17) is 4.98 Å². The minimum absolute atomic E-state index is 0.565. The van der Waals surface area contributed by atoms with Crippen molar-refractivity contribution in [1.82, 2.24) is 15.3 Å². The highest BCUT2D eigenvalue weighted by Crippen LogP contribution is 2.38. The van der Waals surface area contributed by atoms with Crippen molar-refractivity contribution in [2.45, 2.75) is 65.0 Å². The van der Waals surface area contributed by atoms with Gasteiger partial charge in [-0.15, -0.1) is 0 Å². The van der Waals surface area contributed by atoms with Crippen LogP contribution in [0.4, 0.5) is 5.82 Å². The first-order chi connectivity index (χ1) is 10.2. The third-order valence-electron chi connectivity index (χ3n) is 5.47. The molecule has 0 atom stereocenters. The van der Waals surface area contributed by atoms with Gasteiger partial charge in [-0.1, -0.05) is 26.7 Å². The molecule has 0 aromatic carbocycles. The second-order valence-corrected chi connectivity index (χ2v) is 6.72. The third-order valence-corrected chi connectivity index (χ3v) is 5.47. The Bertz CT molecular complexity index is 456. The van der Waals surface area contributed by atoms with Gasteiger partial charge in [-0.3, -0.25) is 4.98 Å². The van der Waals surface area contributed by atoms with Gasteiger partial charge in [-0.25, -0.2) is 4.98 Å². The van der Waals surface area contributed by atoms with Gasteiger partial charge >= 0.3 is 0 Å². The maximum Gasteiger partial charge on any atom is 0.147 e. The number of anilines is 1. The lowest BCUT2D eigenvalue weighted by molar-refractivity contribution is 0.199. The molecule has 1 aliphatic carbocycles. The van der Waals surface area contributed by atoms with E-state index in [9.17, 15) is 0 Å². The van der Waals surface area contributed by atoms with E-state index in [2.05, 4.69) is 29.0 Å². The van der Waals surface area contributed by atoms with E-state index in [1.807, 2.05) is 12.4 Å². The second-order valence-electron chi connectivity index (χ2n) is 6.72. The number of nitrogens with one attached hydrogen (secondary N) is 1. The molecule has 1 aromatic heterocycles. The van der Waals surface area contributed by atoms with Crippen molar-refractivity contribution in [1.29, 1.82) is 0 Å². The number of rotatable bonds is 6. The van der Waals surface area contributed by atoms with E-state index in [1.165, 1.54) is 38.5 Å². The summed E-state index contributed by atoms with van der Waals surface area (Å²) in [5.74, 6) is 1.06. The average Bonchev–Trinajstić information content (AvgIpc) is 3.38. The lowest BCUT2D eigenvalue weighted by atomic mass is 9.74. The highest BCUT2D eigenvalue weighted by molar-refractivity contribution is 5.37. The van der Waals surface area contributed by atoms with Crippen LogP contribution in [-0.4, -0.2) is 29.1 Å². The maximum absolute atomic E-state index is 4.80. The first-order valence-corrected chi connectivity index (χ1v) is 8.54. The highest BCUT2D eigenvalue weighted by atomic mass is 15.2. The number of hydrogen-bond acceptors (Lipinski definition) is 4. The smallest absolute Gasteiger partial charge is 0.147 e. The Morgan fingerprint density at radius 1 is 1.19 bits per heavy atom. The second kappa shape index (κ2) is 6.30. The van der Waals surface area contributed by atoms with Gasteiger partial charge in [0.15, 0.2) is 0 Å². The lowest BCUT2D eigenvalue weighted by Crippen LogP contribution is -2.40. The van der Waals surface area contributed by atoms with Crippen molar-refractivity contribution < 1.29 is 0 Å². The zero-order valence-electron chi connectivity index (χ0n) is 13.4. The molecule has 1 aliphatic heterocycles. The van der Waals surface area contributed by atoms with Crippen LogP contribution in [0.1, 0.15) is 58.1 Å². The fraction of sp³-hybridized carbons (Fsp3) is 0.765. The van der Waals surface area contributed by atoms with E-state index in [0.717, 1.165) is 37.2 Å². The number of hydrogen-bond donors (Lipinski definition) is 1. The summed E-state index contributed by atoms with van der Waals surface area (Å²) in [5, 5.41) is 3.51. The van der Waals surface area contributed by atoms with E-state index >= 15 is 0 Å². The zero-order valence-corrected chi connectivity index (χ0v) is 13.4. The van der Waals surface area contributed by atoms with E-state index in [0.29, 0.717) is 5.41 Å². The Balaban J connectivity index is 1.60. The van der Waals surface area contributed by atoms with Crippen molar-refractivity contribution in [3.05, 3.63) is 18.1 Å². The van der Waals surface area contributed by atoms with Gasteiger partial charge in [0.25, 0.3) is 0 Å². The number of nitrogens with zero attached hydrogens (tertiary/aromatic N) is 3. The summed E-state index contributed by atoms with van der Waals surface area (Å²) in [4.78, 5) is 11.6. The predicted molar refractivity (Wildman–Crippen MR) is 86.4 cm³/mol. The molecule has 1 saturated heterocycles. The van der Waals surface area contributed by atoms with Crippen molar-refractivity contribution in [2.24, 2.45) is 5.41 Å². The van der Waals surface area contributed by atoms with Crippen LogP contribution in [0.5, 0.6) is 0 Å². The molecule has 2 aliphatic rings. The molecule has 0 spiro atoms. The minimum atomic E-state index is 0.565. The van der Waals surface area contributed by atoms with Gasteiger partial charge in [0, 0.05) is 31.9 Å². The summed E-state index contributed by atoms with van der Waals surface area (Å²) >= 11 is 0. The number of aromatic nitrogens is 2. The molecule has 0 amide bonds. The third kappa shape index (κ3) is 3.54. The van der Waals surface area contributed by atoms with Gasteiger partial charge < -0.3 is 10.2 Å². The van der Waals surface area contributed by atoms with Crippen LogP contribution >= 0.6 is 0 Å². The van der Waals surface area contributed by atoms with Crippen LogP contribution in [0.2, 0.25) is 0 Å². The summed E-state index contributed by atoms with van der Waals surface area (Å²) in [7, 11) is 0. The fourth-order valence-electron chi connectivity index (χ4n) is 3.34. The largest absolute Gasteiger partial charge is 0.355 e. The summed E-state index contributed by atoms with van der Waals surface area (Å²) < 4.78 is 0. The van der Waals surface area contributed by atoms with Crippen molar-refractivity contribution in [3.63, 3.8) is 0 Å². The molecule has 4 heteroatoms. The molecule has 2 fully saturated rings. The molecule has 0 unspecified atom stereocenters. The fourth-order valence-corrected chi connectivity index (χ4v) is 3.34. The maximum atomic E-state index is 4.80. The Kier molecular flexibility index (Phi) is 4.43. The van der Waals surface area contributed by atoms with Crippen molar-refractivity contribution in [2.75, 3.05) is 18.0 Å². The zero-order chi connectivity index (χ0) is 14.7. The normalized spacial score (nSPS) is 21.5. The Morgan fingerprint density at radius 3 is 2.52 bits per heavy atom. The molecule has 1 aromatic rings. The van der Waals surface area contributed by atoms with Crippen LogP contribution in [0.3, 0.4) is 0 Å². The molecule has 1 N–H and O–H groups in total. The topological polar surface area (TPSA) is 41.1 Å². The average molecular weight is 288 g/mol. The first-order valence-electron chi connectivity index (χ1n) is 8.54. The summed E-state index contributed by atoms with van der Waals surface area (Å²) in [6, 6.07) is 0.722.